The number of nitrogens with zero attached hydrogens (tertiary/aromatic N) is 2. The summed E-state index contributed by atoms with van der Waals surface area (Å²) in [7, 11) is 0. The van der Waals surface area contributed by atoms with Crippen molar-refractivity contribution in [1.82, 2.24) is 9.55 Å². The zero-order valence-electron chi connectivity index (χ0n) is 13.3. The molecular weight excluding hydrogens is 292 g/mol. The molecule has 0 amide bonds. The molecule has 1 atom stereocenters. The van der Waals surface area contributed by atoms with Gasteiger partial charge < -0.3 is 4.57 Å². The molecule has 116 valence electrons. The molecule has 3 aromatic carbocycles. The third kappa shape index (κ3) is 2.74. The zero-order chi connectivity index (χ0) is 16.2. The highest BCUT2D eigenvalue weighted by molar-refractivity contribution is 5.68. The molecule has 2 nitrogen and oxygen atoms in total. The summed E-state index contributed by atoms with van der Waals surface area (Å²) in [6, 6.07) is 29.8. The van der Waals surface area contributed by atoms with E-state index in [1.165, 1.54) is 22.3 Å². The minimum Gasteiger partial charge on any atom is -0.326 e. The van der Waals surface area contributed by atoms with E-state index in [1.807, 2.05) is 18.7 Å². The van der Waals surface area contributed by atoms with E-state index in [1.54, 1.807) is 0 Å². The van der Waals surface area contributed by atoms with Crippen LogP contribution >= 0.6 is 0 Å². The monoisotopic (exact) mass is 310 g/mol. The lowest BCUT2D eigenvalue weighted by Gasteiger charge is -2.22. The fourth-order valence-electron chi connectivity index (χ4n) is 3.19. The van der Waals surface area contributed by atoms with Crippen molar-refractivity contribution < 1.29 is 0 Å². The molecule has 4 aromatic rings. The van der Waals surface area contributed by atoms with Crippen LogP contribution in [0.25, 0.3) is 11.1 Å². The second kappa shape index (κ2) is 6.55. The number of imidazole rings is 1. The van der Waals surface area contributed by atoms with Gasteiger partial charge in [-0.05, 0) is 22.3 Å². The van der Waals surface area contributed by atoms with Crippen LogP contribution in [0.3, 0.4) is 0 Å². The average molecular weight is 310 g/mol. The highest BCUT2D eigenvalue weighted by Gasteiger charge is 2.19. The SMILES string of the molecule is c1ccc(-c2ccccc2C(c2ccccc2)n2ccnc2)cc1. The normalized spacial score (nSPS) is 12.0. The van der Waals surface area contributed by atoms with Gasteiger partial charge in [0.25, 0.3) is 0 Å². The van der Waals surface area contributed by atoms with Gasteiger partial charge in [-0.3, -0.25) is 0 Å². The Bertz CT molecular complexity index is 897. The van der Waals surface area contributed by atoms with E-state index in [4.69, 9.17) is 0 Å². The molecular formula is C22H18N2. The summed E-state index contributed by atoms with van der Waals surface area (Å²) in [6.45, 7) is 0. The number of benzene rings is 3. The van der Waals surface area contributed by atoms with Crippen LogP contribution in [-0.4, -0.2) is 9.55 Å². The first-order valence-corrected chi connectivity index (χ1v) is 8.10. The van der Waals surface area contributed by atoms with E-state index in [9.17, 15) is 0 Å². The van der Waals surface area contributed by atoms with Gasteiger partial charge >= 0.3 is 0 Å². The molecule has 0 bridgehead atoms. The van der Waals surface area contributed by atoms with Gasteiger partial charge in [0.2, 0.25) is 0 Å². The molecule has 1 aromatic heterocycles. The molecule has 2 heteroatoms. The Morgan fingerprint density at radius 3 is 2.08 bits per heavy atom. The zero-order valence-corrected chi connectivity index (χ0v) is 13.3. The Morgan fingerprint density at radius 2 is 1.38 bits per heavy atom. The fraction of sp³-hybridized carbons (Fsp3) is 0.0455. The van der Waals surface area contributed by atoms with Crippen LogP contribution in [0.15, 0.2) is 104 Å². The molecule has 4 rings (SSSR count). The van der Waals surface area contributed by atoms with Crippen molar-refractivity contribution in [2.45, 2.75) is 6.04 Å². The number of hydrogen-bond donors (Lipinski definition) is 0. The quantitative estimate of drug-likeness (QED) is 0.507. The van der Waals surface area contributed by atoms with E-state index >= 15 is 0 Å². The maximum Gasteiger partial charge on any atom is 0.0954 e. The summed E-state index contributed by atoms with van der Waals surface area (Å²) in [5.74, 6) is 0. The van der Waals surface area contributed by atoms with Gasteiger partial charge in [0.1, 0.15) is 0 Å². The summed E-state index contributed by atoms with van der Waals surface area (Å²) in [6.07, 6.45) is 5.75. The van der Waals surface area contributed by atoms with Crippen LogP contribution in [0.4, 0.5) is 0 Å². The van der Waals surface area contributed by atoms with Gasteiger partial charge in [0.15, 0.2) is 0 Å². The first kappa shape index (κ1) is 14.5. The number of hydrogen-bond acceptors (Lipinski definition) is 1. The average Bonchev–Trinajstić information content (AvgIpc) is 3.18. The lowest BCUT2D eigenvalue weighted by Crippen LogP contribution is -2.11. The summed E-state index contributed by atoms with van der Waals surface area (Å²) >= 11 is 0. The van der Waals surface area contributed by atoms with E-state index in [2.05, 4.69) is 94.5 Å². The van der Waals surface area contributed by atoms with Gasteiger partial charge in [0.05, 0.1) is 12.4 Å². The maximum atomic E-state index is 4.26. The molecule has 0 aliphatic heterocycles. The van der Waals surface area contributed by atoms with Crippen molar-refractivity contribution in [1.29, 1.82) is 0 Å². The van der Waals surface area contributed by atoms with E-state index in [-0.39, 0.29) is 6.04 Å². The summed E-state index contributed by atoms with van der Waals surface area (Å²) in [5, 5.41) is 0. The van der Waals surface area contributed by atoms with E-state index in [0.29, 0.717) is 0 Å². The third-order valence-electron chi connectivity index (χ3n) is 4.28. The van der Waals surface area contributed by atoms with Crippen molar-refractivity contribution in [3.8, 4) is 11.1 Å². The van der Waals surface area contributed by atoms with Crippen LogP contribution in [0.1, 0.15) is 17.2 Å². The molecule has 24 heavy (non-hydrogen) atoms. The van der Waals surface area contributed by atoms with Crippen LogP contribution in [0.5, 0.6) is 0 Å². The molecule has 0 fully saturated rings. The van der Waals surface area contributed by atoms with Gasteiger partial charge in [-0.2, -0.15) is 0 Å². The lowest BCUT2D eigenvalue weighted by atomic mass is 9.91. The van der Waals surface area contributed by atoms with E-state index < -0.39 is 0 Å². The summed E-state index contributed by atoms with van der Waals surface area (Å²) in [4.78, 5) is 4.26. The molecule has 0 aliphatic rings. The second-order valence-electron chi connectivity index (χ2n) is 5.78. The highest BCUT2D eigenvalue weighted by atomic mass is 15.1. The molecule has 0 saturated carbocycles. The Labute approximate surface area is 142 Å². The third-order valence-corrected chi connectivity index (χ3v) is 4.28. The highest BCUT2D eigenvalue weighted by Crippen LogP contribution is 2.34. The first-order chi connectivity index (χ1) is 11.9. The molecule has 1 unspecified atom stereocenters. The second-order valence-corrected chi connectivity index (χ2v) is 5.78. The molecule has 0 radical (unpaired) electrons. The smallest absolute Gasteiger partial charge is 0.0954 e. The summed E-state index contributed by atoms with van der Waals surface area (Å²) < 4.78 is 2.16. The van der Waals surface area contributed by atoms with Crippen LogP contribution < -0.4 is 0 Å². The molecule has 0 aliphatic carbocycles. The lowest BCUT2D eigenvalue weighted by molar-refractivity contribution is 0.678. The Balaban J connectivity index is 1.92. The Kier molecular flexibility index (Phi) is 3.95. The first-order valence-electron chi connectivity index (χ1n) is 8.10. The van der Waals surface area contributed by atoms with Crippen molar-refractivity contribution >= 4 is 0 Å². The minimum atomic E-state index is 0.102. The van der Waals surface area contributed by atoms with Crippen molar-refractivity contribution in [3.05, 3.63) is 115 Å². The maximum absolute atomic E-state index is 4.26. The fourth-order valence-corrected chi connectivity index (χ4v) is 3.19. The number of aromatic nitrogens is 2. The van der Waals surface area contributed by atoms with Gasteiger partial charge in [-0.15, -0.1) is 0 Å². The van der Waals surface area contributed by atoms with Crippen LogP contribution in [0, 0.1) is 0 Å². The number of rotatable bonds is 4. The standard InChI is InChI=1S/C22H18N2/c1-3-9-18(10-4-1)20-13-7-8-14-21(20)22(24-16-15-23-17-24)19-11-5-2-6-12-19/h1-17,22H. The Morgan fingerprint density at radius 1 is 0.708 bits per heavy atom. The largest absolute Gasteiger partial charge is 0.326 e. The summed E-state index contributed by atoms with van der Waals surface area (Å²) in [5.41, 5.74) is 5.00. The predicted molar refractivity (Wildman–Crippen MR) is 97.8 cm³/mol. The molecule has 0 N–H and O–H groups in total. The molecule has 0 saturated heterocycles. The Hall–Kier alpha value is -3.13. The topological polar surface area (TPSA) is 17.8 Å². The van der Waals surface area contributed by atoms with E-state index in [0.717, 1.165) is 0 Å². The molecule has 0 spiro atoms. The van der Waals surface area contributed by atoms with Gasteiger partial charge in [-0.1, -0.05) is 84.9 Å². The minimum absolute atomic E-state index is 0.102. The van der Waals surface area contributed by atoms with Crippen molar-refractivity contribution in [2.75, 3.05) is 0 Å². The molecule has 1 heterocycles. The van der Waals surface area contributed by atoms with Gasteiger partial charge in [0, 0.05) is 12.4 Å². The van der Waals surface area contributed by atoms with Crippen molar-refractivity contribution in [2.24, 2.45) is 0 Å². The van der Waals surface area contributed by atoms with Crippen LogP contribution in [0.2, 0.25) is 0 Å². The van der Waals surface area contributed by atoms with Gasteiger partial charge in [-0.25, -0.2) is 4.98 Å². The van der Waals surface area contributed by atoms with Crippen LogP contribution in [-0.2, 0) is 0 Å². The predicted octanol–water partition coefficient (Wildman–Crippen LogP) is 5.19. The van der Waals surface area contributed by atoms with Crippen molar-refractivity contribution in [3.63, 3.8) is 0 Å².